The maximum atomic E-state index is 6.03. The number of hydrogen-bond donors (Lipinski definition) is 1. The van der Waals surface area contributed by atoms with Crippen molar-refractivity contribution in [2.45, 2.75) is 12.5 Å². The van der Waals surface area contributed by atoms with E-state index in [1.54, 1.807) is 7.11 Å². The monoisotopic (exact) mass is 294 g/mol. The maximum Gasteiger partial charge on any atom is 0.231 e. The zero-order valence-corrected chi connectivity index (χ0v) is 12.3. The molecule has 2 N–H and O–H groups in total. The van der Waals surface area contributed by atoms with Crippen molar-refractivity contribution in [3.05, 3.63) is 17.7 Å². The van der Waals surface area contributed by atoms with Gasteiger partial charge in [0.25, 0.3) is 0 Å². The van der Waals surface area contributed by atoms with Gasteiger partial charge in [-0.1, -0.05) is 0 Å². The Morgan fingerprint density at radius 2 is 2.19 bits per heavy atom. The highest BCUT2D eigenvalue weighted by Crippen LogP contribution is 2.43. The Balaban J connectivity index is 1.89. The summed E-state index contributed by atoms with van der Waals surface area (Å²) in [6.07, 6.45) is 1.03. The van der Waals surface area contributed by atoms with Gasteiger partial charge in [-0.25, -0.2) is 0 Å². The number of benzene rings is 1. The van der Waals surface area contributed by atoms with Gasteiger partial charge in [0, 0.05) is 32.3 Å². The summed E-state index contributed by atoms with van der Waals surface area (Å²) in [5, 5.41) is 0. The Kier molecular flexibility index (Phi) is 4.48. The molecular weight excluding hydrogens is 272 g/mol. The first-order valence-corrected chi connectivity index (χ1v) is 7.33. The van der Waals surface area contributed by atoms with Gasteiger partial charge < -0.3 is 24.7 Å². The molecule has 0 aromatic heterocycles. The van der Waals surface area contributed by atoms with Gasteiger partial charge in [0.2, 0.25) is 12.5 Å². The lowest BCUT2D eigenvalue weighted by molar-refractivity contribution is 0.132. The molecule has 21 heavy (non-hydrogen) atoms. The fraction of sp³-hybridized carbons (Fsp3) is 0.600. The van der Waals surface area contributed by atoms with E-state index in [2.05, 4.69) is 4.90 Å². The Morgan fingerprint density at radius 3 is 3.00 bits per heavy atom. The molecule has 0 aliphatic carbocycles. The van der Waals surface area contributed by atoms with E-state index >= 15 is 0 Å². The molecule has 0 spiro atoms. The third-order valence-electron chi connectivity index (χ3n) is 3.99. The van der Waals surface area contributed by atoms with E-state index < -0.39 is 0 Å². The first-order chi connectivity index (χ1) is 10.3. The van der Waals surface area contributed by atoms with Crippen molar-refractivity contribution in [1.29, 1.82) is 0 Å². The molecule has 3 rings (SSSR count). The number of hydrogen-bond acceptors (Lipinski definition) is 6. The van der Waals surface area contributed by atoms with Crippen LogP contribution in [0.2, 0.25) is 0 Å². The van der Waals surface area contributed by atoms with Gasteiger partial charge in [-0.15, -0.1) is 0 Å². The Labute approximate surface area is 124 Å². The third-order valence-corrected chi connectivity index (χ3v) is 3.99. The first kappa shape index (κ1) is 14.4. The Bertz CT molecular complexity index is 487. The molecule has 6 heteroatoms. The van der Waals surface area contributed by atoms with E-state index in [9.17, 15) is 0 Å². The van der Waals surface area contributed by atoms with E-state index in [0.29, 0.717) is 18.0 Å². The van der Waals surface area contributed by atoms with Gasteiger partial charge in [0.1, 0.15) is 0 Å². The van der Waals surface area contributed by atoms with Gasteiger partial charge in [0.05, 0.1) is 13.7 Å². The summed E-state index contributed by atoms with van der Waals surface area (Å²) >= 11 is 0. The van der Waals surface area contributed by atoms with Gasteiger partial charge in [-0.2, -0.15) is 0 Å². The van der Waals surface area contributed by atoms with Crippen LogP contribution in [0.15, 0.2) is 12.1 Å². The molecule has 0 saturated carbocycles. The van der Waals surface area contributed by atoms with Crippen molar-refractivity contribution >= 4 is 0 Å². The van der Waals surface area contributed by atoms with Crippen LogP contribution >= 0.6 is 0 Å². The summed E-state index contributed by atoms with van der Waals surface area (Å²) in [5.74, 6) is 2.11. The van der Waals surface area contributed by atoms with Gasteiger partial charge >= 0.3 is 0 Å². The Hall–Kier alpha value is -1.50. The average Bonchev–Trinajstić information content (AvgIpc) is 2.82. The second-order valence-corrected chi connectivity index (χ2v) is 5.21. The minimum atomic E-state index is 0.134. The highest BCUT2D eigenvalue weighted by atomic mass is 16.7. The summed E-state index contributed by atoms with van der Waals surface area (Å²) in [7, 11) is 1.64. The largest absolute Gasteiger partial charge is 0.493 e. The second kappa shape index (κ2) is 6.51. The summed E-state index contributed by atoms with van der Waals surface area (Å²) in [6, 6.07) is 4.14. The third kappa shape index (κ3) is 2.92. The molecule has 2 aliphatic heterocycles. The molecular formula is C15H22N2O4. The number of nitrogens with zero attached hydrogens (tertiary/aromatic N) is 1. The van der Waals surface area contributed by atoms with E-state index in [1.165, 1.54) is 0 Å². The van der Waals surface area contributed by atoms with Crippen LogP contribution in [-0.2, 0) is 4.74 Å². The first-order valence-electron chi connectivity index (χ1n) is 7.33. The van der Waals surface area contributed by atoms with E-state index in [-0.39, 0.29) is 12.8 Å². The van der Waals surface area contributed by atoms with Crippen LogP contribution in [0.5, 0.6) is 17.2 Å². The van der Waals surface area contributed by atoms with Gasteiger partial charge in [-0.05, 0) is 24.1 Å². The topological polar surface area (TPSA) is 66.2 Å². The molecule has 2 heterocycles. The fourth-order valence-corrected chi connectivity index (χ4v) is 2.92. The normalized spacial score (nSPS) is 20.1. The van der Waals surface area contributed by atoms with Crippen LogP contribution in [0.4, 0.5) is 0 Å². The quantitative estimate of drug-likeness (QED) is 0.898. The molecule has 1 atom stereocenters. The molecule has 1 saturated heterocycles. The molecule has 0 bridgehead atoms. The van der Waals surface area contributed by atoms with E-state index in [4.69, 9.17) is 24.7 Å². The standard InChI is InChI=1S/C15H22N2O4/c1-18-13-7-11(8-14-15(13)21-10-20-14)12(9-16)17-3-2-5-19-6-4-17/h7-8,12H,2-6,9-10,16H2,1H3. The minimum Gasteiger partial charge on any atom is -0.493 e. The second-order valence-electron chi connectivity index (χ2n) is 5.21. The fourth-order valence-electron chi connectivity index (χ4n) is 2.92. The van der Waals surface area contributed by atoms with Gasteiger partial charge in [-0.3, -0.25) is 4.90 Å². The lowest BCUT2D eigenvalue weighted by Gasteiger charge is -2.29. The highest BCUT2D eigenvalue weighted by Gasteiger charge is 2.26. The van der Waals surface area contributed by atoms with Crippen LogP contribution in [-0.4, -0.2) is 51.7 Å². The van der Waals surface area contributed by atoms with Crippen LogP contribution in [0.1, 0.15) is 18.0 Å². The lowest BCUT2D eigenvalue weighted by Crippen LogP contribution is -2.35. The van der Waals surface area contributed by atoms with Gasteiger partial charge in [0.15, 0.2) is 11.5 Å². The summed E-state index contributed by atoms with van der Waals surface area (Å²) < 4.78 is 21.9. The zero-order valence-electron chi connectivity index (χ0n) is 12.3. The predicted molar refractivity (Wildman–Crippen MR) is 77.9 cm³/mol. The molecule has 0 amide bonds. The van der Waals surface area contributed by atoms with Crippen molar-refractivity contribution < 1.29 is 18.9 Å². The number of nitrogens with two attached hydrogens (primary N) is 1. The van der Waals surface area contributed by atoms with Crippen molar-refractivity contribution in [1.82, 2.24) is 4.90 Å². The average molecular weight is 294 g/mol. The highest BCUT2D eigenvalue weighted by molar-refractivity contribution is 5.55. The molecule has 6 nitrogen and oxygen atoms in total. The SMILES string of the molecule is COc1cc(C(CN)N2CCCOCC2)cc2c1OCO2. The molecule has 0 radical (unpaired) electrons. The number of rotatable bonds is 4. The molecule has 1 unspecified atom stereocenters. The maximum absolute atomic E-state index is 6.03. The van der Waals surface area contributed by atoms with Crippen molar-refractivity contribution in [2.75, 3.05) is 46.8 Å². The van der Waals surface area contributed by atoms with Crippen LogP contribution < -0.4 is 19.9 Å². The predicted octanol–water partition coefficient (Wildman–Crippen LogP) is 1.15. The Morgan fingerprint density at radius 1 is 1.29 bits per heavy atom. The van der Waals surface area contributed by atoms with Crippen LogP contribution in [0.3, 0.4) is 0 Å². The minimum absolute atomic E-state index is 0.134. The molecule has 1 aromatic carbocycles. The molecule has 1 fully saturated rings. The van der Waals surface area contributed by atoms with Crippen molar-refractivity contribution in [3.63, 3.8) is 0 Å². The zero-order chi connectivity index (χ0) is 14.7. The number of methoxy groups -OCH3 is 1. The number of fused-ring (bicyclic) bond motifs is 1. The van der Waals surface area contributed by atoms with Crippen LogP contribution in [0.25, 0.3) is 0 Å². The smallest absolute Gasteiger partial charge is 0.231 e. The van der Waals surface area contributed by atoms with E-state index in [0.717, 1.165) is 44.0 Å². The molecule has 1 aromatic rings. The molecule has 116 valence electrons. The number of ether oxygens (including phenoxy) is 4. The lowest BCUT2D eigenvalue weighted by atomic mass is 10.0. The van der Waals surface area contributed by atoms with Crippen molar-refractivity contribution in [3.8, 4) is 17.2 Å². The summed E-state index contributed by atoms with van der Waals surface area (Å²) in [5.41, 5.74) is 7.13. The van der Waals surface area contributed by atoms with E-state index in [1.807, 2.05) is 12.1 Å². The van der Waals surface area contributed by atoms with Crippen molar-refractivity contribution in [2.24, 2.45) is 5.73 Å². The summed E-state index contributed by atoms with van der Waals surface area (Å²) in [6.45, 7) is 4.22. The molecule has 2 aliphatic rings. The summed E-state index contributed by atoms with van der Waals surface area (Å²) in [4.78, 5) is 2.37. The van der Waals surface area contributed by atoms with Crippen LogP contribution in [0, 0.1) is 0 Å².